The Balaban J connectivity index is 1.43. The van der Waals surface area contributed by atoms with Crippen LogP contribution in [0.1, 0.15) is 25.1 Å². The molecule has 0 aliphatic carbocycles. The average molecular weight is 389 g/mol. The molecule has 9 heteroatoms. The zero-order chi connectivity index (χ0) is 19.0. The van der Waals surface area contributed by atoms with Gasteiger partial charge >= 0.3 is 0 Å². The number of ether oxygens (including phenoxy) is 1. The molecule has 0 spiro atoms. The molecule has 142 valence electrons. The maximum atomic E-state index is 14.1. The van der Waals surface area contributed by atoms with Gasteiger partial charge in [0.2, 0.25) is 11.9 Å². The minimum atomic E-state index is -0.525. The Hall–Kier alpha value is -2.52. The molecule has 2 atom stereocenters. The van der Waals surface area contributed by atoms with Crippen molar-refractivity contribution < 1.29 is 13.9 Å². The van der Waals surface area contributed by atoms with Crippen molar-refractivity contribution in [1.82, 2.24) is 19.3 Å². The molecule has 1 N–H and O–H groups in total. The molecule has 1 aliphatic rings. The van der Waals surface area contributed by atoms with Crippen LogP contribution in [0.3, 0.4) is 0 Å². The number of amides is 1. The highest BCUT2D eigenvalue weighted by molar-refractivity contribution is 7.15. The summed E-state index contributed by atoms with van der Waals surface area (Å²) in [6, 6.07) is 6.02. The van der Waals surface area contributed by atoms with Gasteiger partial charge in [0.15, 0.2) is 11.0 Å². The smallest absolute Gasteiger partial charge is 0.230 e. The first-order chi connectivity index (χ1) is 13.0. The third-order valence-electron chi connectivity index (χ3n) is 4.62. The zero-order valence-electron chi connectivity index (χ0n) is 15.1. The maximum Gasteiger partial charge on any atom is 0.230 e. The third-order valence-corrected chi connectivity index (χ3v) is 5.55. The van der Waals surface area contributed by atoms with Gasteiger partial charge < -0.3 is 10.1 Å². The van der Waals surface area contributed by atoms with Crippen LogP contribution in [0.5, 0.6) is 5.88 Å². The van der Waals surface area contributed by atoms with E-state index in [1.165, 1.54) is 18.3 Å². The van der Waals surface area contributed by atoms with Crippen molar-refractivity contribution in [3.05, 3.63) is 41.4 Å². The van der Waals surface area contributed by atoms with Crippen molar-refractivity contribution >= 4 is 28.0 Å². The lowest BCUT2D eigenvalue weighted by Gasteiger charge is -2.19. The second kappa shape index (κ2) is 7.24. The fraction of sp³-hybridized carbons (Fsp3) is 0.389. The van der Waals surface area contributed by atoms with E-state index in [4.69, 9.17) is 4.74 Å². The Kier molecular flexibility index (Phi) is 4.79. The van der Waals surface area contributed by atoms with Gasteiger partial charge in [0, 0.05) is 44.9 Å². The molecular formula is C18H20FN5O2S. The lowest BCUT2D eigenvalue weighted by molar-refractivity contribution is -0.114. The van der Waals surface area contributed by atoms with Gasteiger partial charge in [-0.1, -0.05) is 17.4 Å². The number of pyridine rings is 1. The van der Waals surface area contributed by atoms with Crippen LogP contribution in [0.2, 0.25) is 0 Å². The number of imidazole rings is 1. The number of thiazole rings is 1. The SMILES string of the molecule is CC(=O)Nc1nc(F)c(CN2C[C@H](Oc3cccc4nccn34)C[C@@H]2C)s1. The molecule has 0 unspecified atom stereocenters. The Labute approximate surface area is 159 Å². The summed E-state index contributed by atoms with van der Waals surface area (Å²) in [4.78, 5) is 21.9. The lowest BCUT2D eigenvalue weighted by atomic mass is 10.2. The second-order valence-corrected chi connectivity index (χ2v) is 7.77. The molecule has 0 bridgehead atoms. The van der Waals surface area contributed by atoms with Gasteiger partial charge in [0.25, 0.3) is 0 Å². The number of nitrogens with zero attached hydrogens (tertiary/aromatic N) is 4. The molecule has 3 aromatic heterocycles. The topological polar surface area (TPSA) is 71.8 Å². The molecule has 7 nitrogen and oxygen atoms in total. The Morgan fingerprint density at radius 1 is 1.48 bits per heavy atom. The van der Waals surface area contributed by atoms with Gasteiger partial charge in [-0.2, -0.15) is 9.37 Å². The molecule has 1 fully saturated rings. The van der Waals surface area contributed by atoms with E-state index >= 15 is 0 Å². The Bertz CT molecular complexity index is 972. The number of hydrogen-bond acceptors (Lipinski definition) is 6. The van der Waals surface area contributed by atoms with Crippen molar-refractivity contribution in [2.24, 2.45) is 0 Å². The highest BCUT2D eigenvalue weighted by Crippen LogP contribution is 2.29. The summed E-state index contributed by atoms with van der Waals surface area (Å²) >= 11 is 1.17. The summed E-state index contributed by atoms with van der Waals surface area (Å²) in [5.41, 5.74) is 0.840. The molecule has 3 aromatic rings. The summed E-state index contributed by atoms with van der Waals surface area (Å²) in [7, 11) is 0. The summed E-state index contributed by atoms with van der Waals surface area (Å²) in [6.45, 7) is 4.62. The normalized spacial score (nSPS) is 20.3. The molecule has 0 aromatic carbocycles. The Morgan fingerprint density at radius 2 is 2.33 bits per heavy atom. The number of hydrogen-bond donors (Lipinski definition) is 1. The summed E-state index contributed by atoms with van der Waals surface area (Å²) in [5, 5.41) is 2.83. The van der Waals surface area contributed by atoms with E-state index in [9.17, 15) is 9.18 Å². The average Bonchev–Trinajstić information content (AvgIpc) is 3.29. The number of carbonyl (C=O) groups is 1. The first-order valence-electron chi connectivity index (χ1n) is 8.75. The Morgan fingerprint density at radius 3 is 3.15 bits per heavy atom. The van der Waals surface area contributed by atoms with Crippen LogP contribution in [-0.2, 0) is 11.3 Å². The fourth-order valence-electron chi connectivity index (χ4n) is 3.36. The number of likely N-dealkylation sites (tertiary alicyclic amines) is 1. The van der Waals surface area contributed by atoms with E-state index in [0.29, 0.717) is 23.1 Å². The third kappa shape index (κ3) is 3.79. The number of carbonyl (C=O) groups excluding carboxylic acids is 1. The highest BCUT2D eigenvalue weighted by Gasteiger charge is 2.32. The predicted octanol–water partition coefficient (Wildman–Crippen LogP) is 2.93. The largest absolute Gasteiger partial charge is 0.474 e. The standard InChI is InChI=1S/C18H20FN5O2S/c1-11-8-13(26-16-5-3-4-15-20-6-7-24(15)16)9-23(11)10-14-17(19)22-18(27-14)21-12(2)25/h3-7,11,13H,8-10H2,1-2H3,(H,21,22,25)/t11-,13+/m0/s1. The second-order valence-electron chi connectivity index (χ2n) is 6.69. The van der Waals surface area contributed by atoms with E-state index in [1.54, 1.807) is 6.20 Å². The van der Waals surface area contributed by atoms with Gasteiger partial charge in [-0.15, -0.1) is 0 Å². The van der Waals surface area contributed by atoms with Crippen LogP contribution in [0.4, 0.5) is 9.52 Å². The monoisotopic (exact) mass is 389 g/mol. The molecule has 1 aliphatic heterocycles. The quantitative estimate of drug-likeness (QED) is 0.726. The van der Waals surface area contributed by atoms with Gasteiger partial charge in [0.05, 0.1) is 4.88 Å². The number of halogens is 1. The fourth-order valence-corrected chi connectivity index (χ4v) is 4.27. The number of aromatic nitrogens is 3. The summed E-state index contributed by atoms with van der Waals surface area (Å²) in [6.07, 6.45) is 4.48. The van der Waals surface area contributed by atoms with Gasteiger partial charge in [-0.25, -0.2) is 4.98 Å². The molecule has 0 saturated carbocycles. The first kappa shape index (κ1) is 17.9. The first-order valence-corrected chi connectivity index (χ1v) is 9.57. The molecule has 27 heavy (non-hydrogen) atoms. The highest BCUT2D eigenvalue weighted by atomic mass is 32.1. The van der Waals surface area contributed by atoms with E-state index in [-0.39, 0.29) is 18.1 Å². The van der Waals surface area contributed by atoms with Gasteiger partial charge in [-0.05, 0) is 19.1 Å². The van der Waals surface area contributed by atoms with Crippen molar-refractivity contribution in [3.8, 4) is 5.88 Å². The molecular weight excluding hydrogens is 369 g/mol. The van der Waals surface area contributed by atoms with Crippen molar-refractivity contribution in [1.29, 1.82) is 0 Å². The van der Waals surface area contributed by atoms with Crippen molar-refractivity contribution in [3.63, 3.8) is 0 Å². The van der Waals surface area contributed by atoms with Crippen molar-refractivity contribution in [2.45, 2.75) is 39.0 Å². The number of rotatable bonds is 5. The lowest BCUT2D eigenvalue weighted by Crippen LogP contribution is -2.28. The minimum Gasteiger partial charge on any atom is -0.474 e. The number of nitrogens with one attached hydrogen (secondary N) is 1. The number of anilines is 1. The summed E-state index contributed by atoms with van der Waals surface area (Å²) in [5.74, 6) is -0.0311. The minimum absolute atomic E-state index is 0.0128. The molecule has 0 radical (unpaired) electrons. The van der Waals surface area contributed by atoms with Gasteiger partial charge in [-0.3, -0.25) is 14.1 Å². The van der Waals surface area contributed by atoms with Crippen molar-refractivity contribution in [2.75, 3.05) is 11.9 Å². The molecule has 4 heterocycles. The van der Waals surface area contributed by atoms with E-state index in [1.807, 2.05) is 28.8 Å². The maximum absolute atomic E-state index is 14.1. The van der Waals surface area contributed by atoms with Crippen LogP contribution >= 0.6 is 11.3 Å². The van der Waals surface area contributed by atoms with Crippen LogP contribution < -0.4 is 10.1 Å². The van der Waals surface area contributed by atoms with E-state index < -0.39 is 5.95 Å². The van der Waals surface area contributed by atoms with E-state index in [2.05, 4.69) is 27.1 Å². The zero-order valence-corrected chi connectivity index (χ0v) is 15.9. The van der Waals surface area contributed by atoms with Crippen LogP contribution in [-0.4, -0.2) is 43.9 Å². The predicted molar refractivity (Wildman–Crippen MR) is 100 cm³/mol. The van der Waals surface area contributed by atoms with Crippen LogP contribution in [0.25, 0.3) is 5.65 Å². The molecule has 4 rings (SSSR count). The molecule has 1 amide bonds. The van der Waals surface area contributed by atoms with E-state index in [0.717, 1.165) is 17.9 Å². The van der Waals surface area contributed by atoms with Crippen LogP contribution in [0, 0.1) is 5.95 Å². The van der Waals surface area contributed by atoms with Crippen LogP contribution in [0.15, 0.2) is 30.6 Å². The van der Waals surface area contributed by atoms with Gasteiger partial charge in [0.1, 0.15) is 11.8 Å². The number of fused-ring (bicyclic) bond motifs is 1. The molecule has 1 saturated heterocycles. The summed E-state index contributed by atoms with van der Waals surface area (Å²) < 4.78 is 22.2.